The predicted molar refractivity (Wildman–Crippen MR) is 77.2 cm³/mol. The van der Waals surface area contributed by atoms with Crippen LogP contribution in [0, 0.1) is 0 Å². The molecule has 0 aliphatic rings. The second kappa shape index (κ2) is 10.1. The fourth-order valence-electron chi connectivity index (χ4n) is 1.56. The van der Waals surface area contributed by atoms with E-state index in [1.165, 1.54) is 0 Å². The Kier molecular flexibility index (Phi) is 8.97. The highest BCUT2D eigenvalue weighted by Crippen LogP contribution is 1.98. The molecule has 24 heavy (non-hydrogen) atoms. The van der Waals surface area contributed by atoms with Gasteiger partial charge < -0.3 is 37.4 Å². The van der Waals surface area contributed by atoms with Crippen molar-refractivity contribution < 1.29 is 39.3 Å². The van der Waals surface area contributed by atoms with Crippen LogP contribution in [0.15, 0.2) is 0 Å². The molecule has 12 heteroatoms. The van der Waals surface area contributed by atoms with Crippen molar-refractivity contribution in [1.82, 2.24) is 10.6 Å². The van der Waals surface area contributed by atoms with Crippen LogP contribution in [0.3, 0.4) is 0 Å². The third-order valence-corrected chi connectivity index (χ3v) is 2.84. The van der Waals surface area contributed by atoms with Gasteiger partial charge in [0, 0.05) is 6.42 Å². The van der Waals surface area contributed by atoms with Gasteiger partial charge in [-0.25, -0.2) is 4.79 Å². The van der Waals surface area contributed by atoms with E-state index in [0.717, 1.165) is 0 Å². The van der Waals surface area contributed by atoms with E-state index in [4.69, 9.17) is 26.8 Å². The number of carbonyl (C=O) groups is 5. The molecule has 0 fully saturated rings. The van der Waals surface area contributed by atoms with Crippen LogP contribution in [0.4, 0.5) is 0 Å². The lowest BCUT2D eigenvalue weighted by molar-refractivity contribution is -0.144. The van der Waals surface area contributed by atoms with Crippen molar-refractivity contribution in [3.8, 4) is 0 Å². The second-order valence-electron chi connectivity index (χ2n) is 4.85. The van der Waals surface area contributed by atoms with Gasteiger partial charge in [0.2, 0.25) is 17.7 Å². The lowest BCUT2D eigenvalue weighted by Crippen LogP contribution is -2.56. The maximum atomic E-state index is 11.9. The summed E-state index contributed by atoms with van der Waals surface area (Å²) in [5.74, 6) is -5.62. The average Bonchev–Trinajstić information content (AvgIpc) is 2.48. The lowest BCUT2D eigenvalue weighted by Gasteiger charge is -2.20. The summed E-state index contributed by atoms with van der Waals surface area (Å²) < 4.78 is 0. The minimum Gasteiger partial charge on any atom is -0.481 e. The molecule has 0 saturated carbocycles. The molecular weight excluding hydrogens is 328 g/mol. The molecule has 0 saturated heterocycles. The molecule has 0 aromatic carbocycles. The first-order valence-electron chi connectivity index (χ1n) is 6.78. The molecule has 0 bridgehead atoms. The summed E-state index contributed by atoms with van der Waals surface area (Å²) in [4.78, 5) is 55.6. The number of hydrogen-bond donors (Lipinski definition) is 7. The number of carboxylic acids is 2. The van der Waals surface area contributed by atoms with E-state index >= 15 is 0 Å². The molecule has 0 aliphatic heterocycles. The summed E-state index contributed by atoms with van der Waals surface area (Å²) in [6, 6.07) is -4.38. The van der Waals surface area contributed by atoms with Crippen LogP contribution < -0.4 is 22.1 Å². The number of aliphatic hydroxyl groups is 1. The SMILES string of the molecule is NC(=O)C[C@H](NC(=O)[C@H](CO)NC(=O)[C@@H](N)CCC(=O)O)C(=O)O. The highest BCUT2D eigenvalue weighted by Gasteiger charge is 2.28. The molecular formula is C12H20N4O8. The number of carboxylic acid groups (broad SMARTS) is 2. The normalized spacial score (nSPS) is 14.1. The number of rotatable bonds is 11. The fraction of sp³-hybridized carbons (Fsp3) is 0.583. The zero-order valence-corrected chi connectivity index (χ0v) is 12.6. The molecule has 0 heterocycles. The van der Waals surface area contributed by atoms with Crippen molar-refractivity contribution in [3.05, 3.63) is 0 Å². The minimum atomic E-state index is -1.62. The number of hydrogen-bond acceptors (Lipinski definition) is 7. The van der Waals surface area contributed by atoms with Gasteiger partial charge in [-0.3, -0.25) is 19.2 Å². The first-order valence-corrected chi connectivity index (χ1v) is 6.78. The monoisotopic (exact) mass is 348 g/mol. The number of amides is 3. The maximum absolute atomic E-state index is 11.9. The average molecular weight is 348 g/mol. The van der Waals surface area contributed by atoms with Gasteiger partial charge in [0.15, 0.2) is 0 Å². The molecule has 3 atom stereocenters. The highest BCUT2D eigenvalue weighted by molar-refractivity contribution is 5.93. The molecule has 3 amide bonds. The van der Waals surface area contributed by atoms with Gasteiger partial charge in [0.25, 0.3) is 0 Å². The predicted octanol–water partition coefficient (Wildman–Crippen LogP) is -3.90. The van der Waals surface area contributed by atoms with Crippen molar-refractivity contribution in [2.45, 2.75) is 37.4 Å². The molecule has 0 rings (SSSR count). The molecule has 0 spiro atoms. The van der Waals surface area contributed by atoms with Crippen LogP contribution in [0.2, 0.25) is 0 Å². The number of aliphatic carboxylic acids is 2. The topological polar surface area (TPSA) is 222 Å². The van der Waals surface area contributed by atoms with Gasteiger partial charge in [0.1, 0.15) is 12.1 Å². The Morgan fingerprint density at radius 1 is 0.958 bits per heavy atom. The zero-order valence-electron chi connectivity index (χ0n) is 12.6. The Labute approximate surface area is 136 Å². The van der Waals surface area contributed by atoms with Crippen LogP contribution >= 0.6 is 0 Å². The van der Waals surface area contributed by atoms with E-state index in [1.54, 1.807) is 0 Å². The molecule has 0 aromatic heterocycles. The Morgan fingerprint density at radius 3 is 1.92 bits per heavy atom. The molecule has 0 aromatic rings. The fourth-order valence-corrected chi connectivity index (χ4v) is 1.56. The summed E-state index contributed by atoms with van der Waals surface area (Å²) in [7, 11) is 0. The van der Waals surface area contributed by atoms with E-state index in [1.807, 2.05) is 5.32 Å². The standard InChI is InChI=1S/C12H20N4O8/c13-5(1-2-9(19)20)10(21)16-7(4-17)11(22)15-6(12(23)24)3-8(14)18/h5-7,17H,1-4,13H2,(H2,14,18)(H,15,22)(H,16,21)(H,19,20)(H,23,24)/t5-,6-,7-/m0/s1. The molecule has 0 aliphatic carbocycles. The zero-order chi connectivity index (χ0) is 18.9. The third-order valence-electron chi connectivity index (χ3n) is 2.84. The molecule has 0 unspecified atom stereocenters. The Morgan fingerprint density at radius 2 is 1.50 bits per heavy atom. The Bertz CT molecular complexity index is 509. The van der Waals surface area contributed by atoms with Crippen LogP contribution in [-0.2, 0) is 24.0 Å². The number of nitrogens with two attached hydrogens (primary N) is 2. The Hall–Kier alpha value is -2.73. The molecule has 136 valence electrons. The summed E-state index contributed by atoms with van der Waals surface area (Å²) in [5, 5.41) is 30.5. The lowest BCUT2D eigenvalue weighted by atomic mass is 10.1. The number of carbonyl (C=O) groups excluding carboxylic acids is 3. The molecule has 0 radical (unpaired) electrons. The second-order valence-corrected chi connectivity index (χ2v) is 4.85. The van der Waals surface area contributed by atoms with Crippen LogP contribution in [0.1, 0.15) is 19.3 Å². The number of nitrogens with one attached hydrogen (secondary N) is 2. The molecule has 12 nitrogen and oxygen atoms in total. The van der Waals surface area contributed by atoms with Crippen molar-refractivity contribution in [2.24, 2.45) is 11.5 Å². The van der Waals surface area contributed by atoms with E-state index in [9.17, 15) is 24.0 Å². The van der Waals surface area contributed by atoms with Gasteiger partial charge >= 0.3 is 11.9 Å². The van der Waals surface area contributed by atoms with Crippen molar-refractivity contribution in [1.29, 1.82) is 0 Å². The van der Waals surface area contributed by atoms with Gasteiger partial charge in [-0.15, -0.1) is 0 Å². The van der Waals surface area contributed by atoms with Gasteiger partial charge in [-0.05, 0) is 6.42 Å². The van der Waals surface area contributed by atoms with Gasteiger partial charge in [-0.1, -0.05) is 0 Å². The van der Waals surface area contributed by atoms with Crippen LogP contribution in [0.5, 0.6) is 0 Å². The van der Waals surface area contributed by atoms with Crippen molar-refractivity contribution in [3.63, 3.8) is 0 Å². The van der Waals surface area contributed by atoms with Crippen LogP contribution in [-0.4, -0.2) is 69.7 Å². The first kappa shape index (κ1) is 21.3. The summed E-state index contributed by atoms with van der Waals surface area (Å²) >= 11 is 0. The van der Waals surface area contributed by atoms with Crippen LogP contribution in [0.25, 0.3) is 0 Å². The van der Waals surface area contributed by atoms with E-state index in [0.29, 0.717) is 0 Å². The first-order chi connectivity index (χ1) is 11.1. The number of aliphatic hydroxyl groups excluding tert-OH is 1. The minimum absolute atomic E-state index is 0.194. The summed E-state index contributed by atoms with van der Waals surface area (Å²) in [6.45, 7) is -0.869. The van der Waals surface area contributed by atoms with Gasteiger partial charge in [-0.2, -0.15) is 0 Å². The smallest absolute Gasteiger partial charge is 0.326 e. The van der Waals surface area contributed by atoms with Crippen molar-refractivity contribution in [2.75, 3.05) is 6.61 Å². The third kappa shape index (κ3) is 8.05. The quantitative estimate of drug-likeness (QED) is 0.193. The summed E-state index contributed by atoms with van der Waals surface area (Å²) in [6.07, 6.45) is -1.24. The number of primary amides is 1. The highest BCUT2D eigenvalue weighted by atomic mass is 16.4. The Balaban J connectivity index is 4.73. The largest absolute Gasteiger partial charge is 0.481 e. The molecule has 9 N–H and O–H groups in total. The maximum Gasteiger partial charge on any atom is 0.326 e. The van der Waals surface area contributed by atoms with Crippen molar-refractivity contribution >= 4 is 29.7 Å². The van der Waals surface area contributed by atoms with E-state index in [2.05, 4.69) is 5.32 Å². The van der Waals surface area contributed by atoms with E-state index < -0.39 is 60.8 Å². The van der Waals surface area contributed by atoms with Gasteiger partial charge in [0.05, 0.1) is 19.1 Å². The summed E-state index contributed by atoms with van der Waals surface area (Å²) in [5.41, 5.74) is 10.3. The van der Waals surface area contributed by atoms with E-state index in [-0.39, 0.29) is 12.8 Å².